The standard InChI is InChI=1S/C16H18O3/c1-15(2)8-11(17)13-16(9-15,19-13)14-12(18-14)10-6-4-3-5-7-10/h3-7,12-14H,8-9H2,1-2H3. The molecule has 1 aromatic rings. The van der Waals surface area contributed by atoms with Gasteiger partial charge in [0.1, 0.15) is 23.9 Å². The van der Waals surface area contributed by atoms with Crippen LogP contribution in [0.1, 0.15) is 38.4 Å². The molecule has 19 heavy (non-hydrogen) atoms. The van der Waals surface area contributed by atoms with Crippen molar-refractivity contribution in [3.63, 3.8) is 0 Å². The number of ether oxygens (including phenoxy) is 2. The summed E-state index contributed by atoms with van der Waals surface area (Å²) in [7, 11) is 0. The van der Waals surface area contributed by atoms with Crippen molar-refractivity contribution in [1.29, 1.82) is 0 Å². The van der Waals surface area contributed by atoms with Crippen LogP contribution in [0.25, 0.3) is 0 Å². The first-order chi connectivity index (χ1) is 9.02. The zero-order chi connectivity index (χ0) is 13.3. The van der Waals surface area contributed by atoms with Crippen LogP contribution in [0.15, 0.2) is 30.3 Å². The Morgan fingerprint density at radius 2 is 1.95 bits per heavy atom. The molecule has 2 saturated heterocycles. The predicted molar refractivity (Wildman–Crippen MR) is 69.7 cm³/mol. The van der Waals surface area contributed by atoms with Crippen LogP contribution in [0.2, 0.25) is 0 Å². The van der Waals surface area contributed by atoms with E-state index >= 15 is 0 Å². The van der Waals surface area contributed by atoms with E-state index in [2.05, 4.69) is 26.0 Å². The Hall–Kier alpha value is -1.19. The summed E-state index contributed by atoms with van der Waals surface area (Å²) in [5.74, 6) is 0.249. The van der Waals surface area contributed by atoms with Crippen molar-refractivity contribution in [2.75, 3.05) is 0 Å². The van der Waals surface area contributed by atoms with Gasteiger partial charge in [-0.3, -0.25) is 4.79 Å². The number of Topliss-reactive ketones (excluding diaryl/α,β-unsaturated/α-hetero) is 1. The third-order valence-corrected chi connectivity index (χ3v) is 4.53. The van der Waals surface area contributed by atoms with Crippen LogP contribution < -0.4 is 0 Å². The third-order valence-electron chi connectivity index (χ3n) is 4.53. The highest BCUT2D eigenvalue weighted by atomic mass is 16.7. The van der Waals surface area contributed by atoms with Crippen molar-refractivity contribution in [2.24, 2.45) is 5.41 Å². The molecule has 0 radical (unpaired) electrons. The van der Waals surface area contributed by atoms with Crippen molar-refractivity contribution < 1.29 is 14.3 Å². The van der Waals surface area contributed by atoms with Crippen LogP contribution in [0.4, 0.5) is 0 Å². The number of hydrogen-bond acceptors (Lipinski definition) is 3. The highest BCUT2D eigenvalue weighted by molar-refractivity contribution is 5.89. The minimum absolute atomic E-state index is 0.0251. The number of fused-ring (bicyclic) bond motifs is 1. The molecule has 0 spiro atoms. The van der Waals surface area contributed by atoms with Gasteiger partial charge in [0, 0.05) is 6.42 Å². The maximum absolute atomic E-state index is 12.1. The van der Waals surface area contributed by atoms with Crippen LogP contribution >= 0.6 is 0 Å². The average Bonchev–Trinajstić information content (AvgIpc) is 3.21. The maximum atomic E-state index is 12.1. The van der Waals surface area contributed by atoms with E-state index in [9.17, 15) is 4.79 Å². The van der Waals surface area contributed by atoms with E-state index in [4.69, 9.17) is 9.47 Å². The van der Waals surface area contributed by atoms with Gasteiger partial charge < -0.3 is 9.47 Å². The predicted octanol–water partition coefficient (Wildman–Crippen LogP) is 2.65. The minimum atomic E-state index is -0.334. The molecule has 3 fully saturated rings. The van der Waals surface area contributed by atoms with Gasteiger partial charge in [0.2, 0.25) is 0 Å². The first-order valence-corrected chi connectivity index (χ1v) is 6.93. The molecule has 3 nitrogen and oxygen atoms in total. The average molecular weight is 258 g/mol. The van der Waals surface area contributed by atoms with Gasteiger partial charge in [-0.05, 0) is 17.4 Å². The molecule has 1 saturated carbocycles. The molecule has 2 heterocycles. The lowest BCUT2D eigenvalue weighted by Gasteiger charge is -2.30. The second-order valence-corrected chi connectivity index (χ2v) is 6.82. The third kappa shape index (κ3) is 1.68. The quantitative estimate of drug-likeness (QED) is 0.766. The summed E-state index contributed by atoms with van der Waals surface area (Å²) in [5, 5.41) is 0. The van der Waals surface area contributed by atoms with E-state index in [1.54, 1.807) is 0 Å². The number of benzene rings is 1. The van der Waals surface area contributed by atoms with E-state index in [0.29, 0.717) is 6.42 Å². The molecule has 2 aliphatic heterocycles. The molecule has 100 valence electrons. The summed E-state index contributed by atoms with van der Waals surface area (Å²) in [6.45, 7) is 4.29. The highest BCUT2D eigenvalue weighted by Gasteiger charge is 2.75. The molecule has 0 N–H and O–H groups in total. The molecule has 0 bridgehead atoms. The lowest BCUT2D eigenvalue weighted by atomic mass is 9.70. The monoisotopic (exact) mass is 258 g/mol. The molecule has 1 aromatic carbocycles. The van der Waals surface area contributed by atoms with Gasteiger partial charge in [0.25, 0.3) is 0 Å². The normalized spacial score (nSPS) is 42.6. The van der Waals surface area contributed by atoms with Gasteiger partial charge in [-0.2, -0.15) is 0 Å². The van der Waals surface area contributed by atoms with Crippen LogP contribution in [-0.2, 0) is 14.3 Å². The van der Waals surface area contributed by atoms with Crippen molar-refractivity contribution in [1.82, 2.24) is 0 Å². The lowest BCUT2D eigenvalue weighted by Crippen LogP contribution is -2.40. The second kappa shape index (κ2) is 3.47. The van der Waals surface area contributed by atoms with Crippen LogP contribution in [0, 0.1) is 5.41 Å². The molecule has 3 aliphatic rings. The maximum Gasteiger partial charge on any atom is 0.165 e. The number of epoxide rings is 2. The van der Waals surface area contributed by atoms with Crippen molar-refractivity contribution in [3.8, 4) is 0 Å². The summed E-state index contributed by atoms with van der Waals surface area (Å²) < 4.78 is 11.7. The number of hydrogen-bond donors (Lipinski definition) is 0. The first-order valence-electron chi connectivity index (χ1n) is 6.93. The van der Waals surface area contributed by atoms with Gasteiger partial charge in [0.15, 0.2) is 5.78 Å². The molecule has 4 rings (SSSR count). The van der Waals surface area contributed by atoms with Gasteiger partial charge in [-0.25, -0.2) is 0 Å². The number of rotatable bonds is 2. The number of ketones is 1. The summed E-state index contributed by atoms with van der Waals surface area (Å²) in [6.07, 6.45) is 1.50. The summed E-state index contributed by atoms with van der Waals surface area (Å²) in [6, 6.07) is 10.2. The van der Waals surface area contributed by atoms with Gasteiger partial charge in [-0.1, -0.05) is 44.2 Å². The van der Waals surface area contributed by atoms with Crippen LogP contribution in [-0.4, -0.2) is 23.6 Å². The second-order valence-electron chi connectivity index (χ2n) is 6.82. The van der Waals surface area contributed by atoms with Gasteiger partial charge >= 0.3 is 0 Å². The topological polar surface area (TPSA) is 42.1 Å². The molecule has 0 aromatic heterocycles. The largest absolute Gasteiger partial charge is 0.361 e. The van der Waals surface area contributed by atoms with Crippen LogP contribution in [0.5, 0.6) is 0 Å². The summed E-state index contributed by atoms with van der Waals surface area (Å²) in [4.78, 5) is 12.1. The molecular weight excluding hydrogens is 240 g/mol. The highest BCUT2D eigenvalue weighted by Crippen LogP contribution is 2.62. The first kappa shape index (κ1) is 11.6. The van der Waals surface area contributed by atoms with Crippen molar-refractivity contribution in [2.45, 2.75) is 50.6 Å². The fourth-order valence-electron chi connectivity index (χ4n) is 3.73. The Balaban J connectivity index is 1.57. The number of carbonyl (C=O) groups excluding carboxylic acids is 1. The zero-order valence-corrected chi connectivity index (χ0v) is 11.3. The Bertz CT molecular complexity index is 536. The smallest absolute Gasteiger partial charge is 0.165 e. The Labute approximate surface area is 112 Å². The minimum Gasteiger partial charge on any atom is -0.361 e. The fraction of sp³-hybridized carbons (Fsp3) is 0.562. The van der Waals surface area contributed by atoms with E-state index in [0.717, 1.165) is 6.42 Å². The lowest BCUT2D eigenvalue weighted by molar-refractivity contribution is -0.123. The van der Waals surface area contributed by atoms with E-state index in [1.807, 2.05) is 18.2 Å². The number of carbonyl (C=O) groups is 1. The zero-order valence-electron chi connectivity index (χ0n) is 11.3. The summed E-state index contributed by atoms with van der Waals surface area (Å²) >= 11 is 0. The van der Waals surface area contributed by atoms with Gasteiger partial charge in [0.05, 0.1) is 0 Å². The molecule has 0 amide bonds. The Morgan fingerprint density at radius 3 is 2.68 bits per heavy atom. The van der Waals surface area contributed by atoms with Crippen LogP contribution in [0.3, 0.4) is 0 Å². The molecular formula is C16H18O3. The van der Waals surface area contributed by atoms with E-state index < -0.39 is 0 Å². The van der Waals surface area contributed by atoms with Gasteiger partial charge in [-0.15, -0.1) is 0 Å². The van der Waals surface area contributed by atoms with Crippen molar-refractivity contribution >= 4 is 5.78 Å². The Morgan fingerprint density at radius 1 is 1.21 bits per heavy atom. The Kier molecular flexibility index (Phi) is 2.12. The molecule has 1 aliphatic carbocycles. The van der Waals surface area contributed by atoms with E-state index in [1.165, 1.54) is 5.56 Å². The molecule has 3 heteroatoms. The van der Waals surface area contributed by atoms with E-state index in [-0.39, 0.29) is 35.1 Å². The fourth-order valence-corrected chi connectivity index (χ4v) is 3.73. The van der Waals surface area contributed by atoms with Crippen molar-refractivity contribution in [3.05, 3.63) is 35.9 Å². The SMILES string of the molecule is CC1(C)CC(=O)C2OC2(C2OC2c2ccccc2)C1. The molecule has 4 atom stereocenters. The molecule has 4 unspecified atom stereocenters. The summed E-state index contributed by atoms with van der Waals surface area (Å²) in [5.41, 5.74) is 0.878.